The van der Waals surface area contributed by atoms with Crippen LogP contribution in [0.3, 0.4) is 0 Å². The van der Waals surface area contributed by atoms with Crippen molar-refractivity contribution in [3.8, 4) is 0 Å². The molecule has 12 atom stereocenters. The fraction of sp³-hybridized carbons (Fsp3) is 0.790. The summed E-state index contributed by atoms with van der Waals surface area (Å²) in [5, 5.41) is 14.1. The predicted octanol–water partition coefficient (Wildman–Crippen LogP) is 3.58. The fourth-order valence-electron chi connectivity index (χ4n) is 10.6. The molecular formula is C62H111N11O12. The Balaban J connectivity index is 4.25. The van der Waals surface area contributed by atoms with Gasteiger partial charge in [0, 0.05) is 42.3 Å². The van der Waals surface area contributed by atoms with Crippen molar-refractivity contribution in [1.82, 2.24) is 56.0 Å². The molecule has 85 heavy (non-hydrogen) atoms. The van der Waals surface area contributed by atoms with Crippen molar-refractivity contribution >= 4 is 65.0 Å². The third kappa shape index (κ3) is 22.3. The first-order valence-corrected chi connectivity index (χ1v) is 30.6. The average molecular weight is 1200 g/mol. The zero-order valence-electron chi connectivity index (χ0n) is 56.1. The number of nitrogens with one attached hydrogen (secondary N) is 5. The second-order valence-corrected chi connectivity index (χ2v) is 25.9. The van der Waals surface area contributed by atoms with E-state index in [4.69, 9.17) is 4.74 Å². The second kappa shape index (κ2) is 35.5. The summed E-state index contributed by atoms with van der Waals surface area (Å²) in [5.74, 6) is -9.18. The van der Waals surface area contributed by atoms with E-state index in [2.05, 4.69) is 26.6 Å². The Hall–Kier alpha value is -6.13. The molecule has 1 unspecified atom stereocenters. The summed E-state index contributed by atoms with van der Waals surface area (Å²) in [6.45, 7) is 29.7. The third-order valence-corrected chi connectivity index (χ3v) is 15.9. The monoisotopic (exact) mass is 1200 g/mol. The van der Waals surface area contributed by atoms with Crippen molar-refractivity contribution in [2.45, 2.75) is 223 Å². The minimum atomic E-state index is -1.23. The molecule has 0 spiro atoms. The maximum absolute atomic E-state index is 15.0. The van der Waals surface area contributed by atoms with Gasteiger partial charge in [-0.1, -0.05) is 109 Å². The maximum Gasteiger partial charge on any atom is 0.329 e. The zero-order valence-corrected chi connectivity index (χ0v) is 56.1. The Kier molecular flexibility index (Phi) is 32.1. The van der Waals surface area contributed by atoms with Gasteiger partial charge in [-0.15, -0.1) is 0 Å². The second-order valence-electron chi connectivity index (χ2n) is 25.9. The van der Waals surface area contributed by atoms with Crippen LogP contribution in [0.25, 0.3) is 0 Å². The van der Waals surface area contributed by atoms with Crippen LogP contribution in [0.4, 0.5) is 0 Å². The number of cyclic esters (lactones) is 1. The highest BCUT2D eigenvalue weighted by Gasteiger charge is 2.44. The lowest BCUT2D eigenvalue weighted by atomic mass is 9.92. The third-order valence-electron chi connectivity index (χ3n) is 15.9. The van der Waals surface area contributed by atoms with Gasteiger partial charge in [0.05, 0.1) is 6.54 Å². The molecule has 1 saturated heterocycles. The summed E-state index contributed by atoms with van der Waals surface area (Å²) in [4.78, 5) is 167. The van der Waals surface area contributed by atoms with E-state index in [1.807, 2.05) is 81.4 Å². The molecule has 486 valence electrons. The van der Waals surface area contributed by atoms with Crippen LogP contribution in [0.2, 0.25) is 0 Å². The lowest BCUT2D eigenvalue weighted by Crippen LogP contribution is -2.61. The molecule has 1 aliphatic heterocycles. The minimum Gasteiger partial charge on any atom is -0.458 e. The normalized spacial score (nSPS) is 27.4. The van der Waals surface area contributed by atoms with Crippen LogP contribution in [-0.2, 0) is 57.5 Å². The molecular weight excluding hydrogens is 1090 g/mol. The summed E-state index contributed by atoms with van der Waals surface area (Å²) in [6, 6.07) is -11.7. The van der Waals surface area contributed by atoms with Crippen LogP contribution in [0.15, 0.2) is 12.2 Å². The molecule has 0 aromatic heterocycles. The Labute approximate surface area is 509 Å². The first kappa shape index (κ1) is 76.9. The van der Waals surface area contributed by atoms with Crippen LogP contribution in [0, 0.1) is 41.4 Å². The van der Waals surface area contributed by atoms with Crippen molar-refractivity contribution in [1.29, 1.82) is 0 Å². The molecule has 1 rings (SSSR count). The summed E-state index contributed by atoms with van der Waals surface area (Å²) < 4.78 is 6.35. The molecule has 0 aromatic carbocycles. The van der Waals surface area contributed by atoms with Gasteiger partial charge in [0.2, 0.25) is 59.1 Å². The Morgan fingerprint density at radius 1 is 0.518 bits per heavy atom. The highest BCUT2D eigenvalue weighted by Crippen LogP contribution is 2.25. The van der Waals surface area contributed by atoms with E-state index in [1.54, 1.807) is 34.6 Å². The molecule has 23 heteroatoms. The molecule has 0 bridgehead atoms. The van der Waals surface area contributed by atoms with Gasteiger partial charge in [0.15, 0.2) is 0 Å². The van der Waals surface area contributed by atoms with E-state index >= 15 is 4.79 Å². The van der Waals surface area contributed by atoms with Gasteiger partial charge < -0.3 is 60.7 Å². The Morgan fingerprint density at radius 2 is 0.953 bits per heavy atom. The molecule has 5 N–H and O–H groups in total. The van der Waals surface area contributed by atoms with Crippen LogP contribution < -0.4 is 26.6 Å². The Bertz CT molecular complexity index is 2310. The molecule has 0 aliphatic carbocycles. The highest BCUT2D eigenvalue weighted by atomic mass is 16.5. The van der Waals surface area contributed by atoms with E-state index < -0.39 is 156 Å². The smallest absolute Gasteiger partial charge is 0.329 e. The molecule has 1 fully saturated rings. The zero-order chi connectivity index (χ0) is 65.8. The topological polar surface area (TPSA) is 277 Å². The maximum atomic E-state index is 15.0. The SMILES string of the molecule is C/C=C/C[C@@H](C)C1OC(=O)[C@H](C(C)C)N(C)C(=O)[C@H](CC(C)C)N(C)C(=O)[C@H](CC(C)C)N(C)C(=O)[C@@H](C)NC(=O)[C@H](C)NC(=O)[C@H](CC(C)C)N(C)C(=O)[C@H](C(C)C)NC(=O)[C@H](CC(C)C)N(C)C(=O)CN(C)C(=O)[C@H](CC)NC(=O)[C@H]1NC. The number of hydrogen-bond donors (Lipinski definition) is 5. The largest absolute Gasteiger partial charge is 0.458 e. The molecule has 0 aromatic rings. The van der Waals surface area contributed by atoms with Crippen molar-refractivity contribution in [3.05, 3.63) is 12.2 Å². The van der Waals surface area contributed by atoms with Crippen LogP contribution >= 0.6 is 0 Å². The number of nitrogens with zero attached hydrogens (tertiary/aromatic N) is 6. The van der Waals surface area contributed by atoms with Crippen molar-refractivity contribution in [2.75, 3.05) is 55.9 Å². The van der Waals surface area contributed by atoms with Gasteiger partial charge in [-0.3, -0.25) is 47.9 Å². The molecule has 0 saturated carbocycles. The number of allylic oxidation sites excluding steroid dienone is 2. The van der Waals surface area contributed by atoms with Crippen LogP contribution in [0.1, 0.15) is 156 Å². The van der Waals surface area contributed by atoms with E-state index in [9.17, 15) is 47.9 Å². The number of carbonyl (C=O) groups is 11. The summed E-state index contributed by atoms with van der Waals surface area (Å²) in [7, 11) is 10.2. The molecule has 0 radical (unpaired) electrons. The van der Waals surface area contributed by atoms with Gasteiger partial charge in [0.25, 0.3) is 0 Å². The van der Waals surface area contributed by atoms with Crippen molar-refractivity contribution in [2.24, 2.45) is 41.4 Å². The van der Waals surface area contributed by atoms with Crippen LogP contribution in [-0.4, -0.2) is 217 Å². The van der Waals surface area contributed by atoms with E-state index in [-0.39, 0.29) is 55.8 Å². The summed E-state index contributed by atoms with van der Waals surface area (Å²) in [6.07, 6.45) is 3.69. The van der Waals surface area contributed by atoms with Crippen molar-refractivity contribution in [3.63, 3.8) is 0 Å². The molecule has 1 heterocycles. The quantitative estimate of drug-likeness (QED) is 0.116. The Morgan fingerprint density at radius 3 is 1.40 bits per heavy atom. The van der Waals surface area contributed by atoms with E-state index in [0.717, 1.165) is 4.90 Å². The number of likely N-dealkylation sites (N-methyl/N-ethyl adjacent to an activating group) is 7. The number of rotatable bonds is 15. The van der Waals surface area contributed by atoms with E-state index in [0.29, 0.717) is 6.42 Å². The fourth-order valence-corrected chi connectivity index (χ4v) is 10.6. The molecule has 23 nitrogen and oxygen atoms in total. The predicted molar refractivity (Wildman–Crippen MR) is 329 cm³/mol. The van der Waals surface area contributed by atoms with Gasteiger partial charge in [-0.2, -0.15) is 0 Å². The lowest BCUT2D eigenvalue weighted by molar-refractivity contribution is -0.167. The van der Waals surface area contributed by atoms with Gasteiger partial charge in [-0.25, -0.2) is 4.79 Å². The minimum absolute atomic E-state index is 0.0974. The molecule has 1 aliphatic rings. The van der Waals surface area contributed by atoms with Crippen LogP contribution in [0.5, 0.6) is 0 Å². The van der Waals surface area contributed by atoms with E-state index in [1.165, 1.54) is 87.7 Å². The summed E-state index contributed by atoms with van der Waals surface area (Å²) >= 11 is 0. The standard InChI is InChI=1S/C62H111N11O12/c1-25-27-28-40(15)52-50(63-18)56(78)66-43(26-2)58(80)68(19)33-48(74)69(20)44(29-34(3)4)55(77)67-49(38(11)12)61(83)70(21)45(30-35(5)6)54(76)64-41(16)53(75)65-42(17)57(79)71(22)46(31-36(7)8)59(81)72(23)47(32-37(9)10)60(82)73(24)51(39(13)14)62(84)85-52/h25,27,34-47,49-52,63H,26,28-33H2,1-24H3,(H,64,76)(H,65,75)(H,66,78)(H,67,77)/b27-25+/t40-,41+,42-,43+,44+,45+,46+,47+,49+,50+,51+,52?/m1/s1. The number of hydrogen-bond acceptors (Lipinski definition) is 13. The number of carbonyl (C=O) groups excluding carboxylic acids is 11. The van der Waals surface area contributed by atoms with Crippen molar-refractivity contribution < 1.29 is 57.5 Å². The number of amides is 10. The average Bonchev–Trinajstić information content (AvgIpc) is 3.63. The number of ether oxygens (including phenoxy) is 1. The summed E-state index contributed by atoms with van der Waals surface area (Å²) in [5.41, 5.74) is 0. The first-order valence-electron chi connectivity index (χ1n) is 30.6. The lowest BCUT2D eigenvalue weighted by Gasteiger charge is -2.40. The number of esters is 1. The van der Waals surface area contributed by atoms with Gasteiger partial charge in [-0.05, 0) is 108 Å². The highest BCUT2D eigenvalue weighted by molar-refractivity contribution is 5.98. The molecule has 10 amide bonds. The van der Waals surface area contributed by atoms with Gasteiger partial charge >= 0.3 is 5.97 Å². The van der Waals surface area contributed by atoms with Gasteiger partial charge in [0.1, 0.15) is 66.5 Å². The first-order chi connectivity index (χ1) is 39.3.